The van der Waals surface area contributed by atoms with Crippen LogP contribution in [0.15, 0.2) is 18.2 Å². The highest BCUT2D eigenvalue weighted by atomic mass is 16.7. The molecule has 2 rings (SSSR count). The molecule has 0 bridgehead atoms. The summed E-state index contributed by atoms with van der Waals surface area (Å²) in [5.41, 5.74) is -1.51. The molecule has 5 atom stereocenters. The number of nitro benzene ring substituents is 2. The molecule has 1 aromatic rings. The van der Waals surface area contributed by atoms with Crippen molar-refractivity contribution >= 4 is 17.3 Å². The number of nitrogens with zero attached hydrogens (tertiary/aromatic N) is 2. The second-order valence-electron chi connectivity index (χ2n) is 5.01. The molecular formula is C12H12N2O11. The van der Waals surface area contributed by atoms with E-state index in [1.165, 1.54) is 0 Å². The van der Waals surface area contributed by atoms with Gasteiger partial charge in [0.1, 0.15) is 18.3 Å². The Hall–Kier alpha value is -2.71. The first kappa shape index (κ1) is 18.6. The van der Waals surface area contributed by atoms with Crippen molar-refractivity contribution in [1.29, 1.82) is 0 Å². The minimum Gasteiger partial charge on any atom is -0.417 e. The molecule has 136 valence electrons. The predicted octanol–water partition coefficient (Wildman–Crippen LogP) is -1.79. The van der Waals surface area contributed by atoms with Crippen molar-refractivity contribution in [2.24, 2.45) is 0 Å². The van der Waals surface area contributed by atoms with Crippen LogP contribution >= 0.6 is 0 Å². The molecule has 0 saturated carbocycles. The number of non-ortho nitro benzene ring substituents is 1. The number of hydrogen-bond acceptors (Lipinski definition) is 11. The normalized spacial score (nSPS) is 29.0. The molecule has 13 nitrogen and oxygen atoms in total. The summed E-state index contributed by atoms with van der Waals surface area (Å²) in [6.45, 7) is 0. The number of carbonyl (C=O) groups is 1. The van der Waals surface area contributed by atoms with E-state index in [-0.39, 0.29) is 0 Å². The lowest BCUT2D eigenvalue weighted by molar-refractivity contribution is -0.394. The Bertz CT molecular complexity index is 708. The van der Waals surface area contributed by atoms with Gasteiger partial charge >= 0.3 is 11.7 Å². The highest BCUT2D eigenvalue weighted by Gasteiger charge is 2.47. The quantitative estimate of drug-likeness (QED) is 0.204. The second-order valence-corrected chi connectivity index (χ2v) is 5.01. The van der Waals surface area contributed by atoms with Crippen LogP contribution < -0.4 is 4.74 Å². The third-order valence-corrected chi connectivity index (χ3v) is 3.38. The van der Waals surface area contributed by atoms with Crippen LogP contribution in [0.3, 0.4) is 0 Å². The largest absolute Gasteiger partial charge is 0.417 e. The summed E-state index contributed by atoms with van der Waals surface area (Å²) >= 11 is 0. The third-order valence-electron chi connectivity index (χ3n) is 3.38. The lowest BCUT2D eigenvalue weighted by Gasteiger charge is -2.36. The molecule has 1 aliphatic heterocycles. The van der Waals surface area contributed by atoms with Gasteiger partial charge in [-0.15, -0.1) is 0 Å². The molecule has 0 radical (unpaired) electrons. The number of nitro groups is 2. The van der Waals surface area contributed by atoms with Gasteiger partial charge in [0, 0.05) is 6.07 Å². The summed E-state index contributed by atoms with van der Waals surface area (Å²) in [5.74, 6) is -2.10. The van der Waals surface area contributed by atoms with Gasteiger partial charge in [-0.1, -0.05) is 0 Å². The van der Waals surface area contributed by atoms with Crippen LogP contribution in [0.25, 0.3) is 0 Å². The van der Waals surface area contributed by atoms with Crippen molar-refractivity contribution in [2.45, 2.75) is 30.7 Å². The monoisotopic (exact) mass is 360 g/mol. The van der Waals surface area contributed by atoms with Crippen LogP contribution in [0.5, 0.6) is 5.75 Å². The van der Waals surface area contributed by atoms with E-state index in [0.717, 1.165) is 12.1 Å². The summed E-state index contributed by atoms with van der Waals surface area (Å²) < 4.78 is 9.31. The van der Waals surface area contributed by atoms with Crippen molar-refractivity contribution in [3.8, 4) is 5.75 Å². The highest BCUT2D eigenvalue weighted by Crippen LogP contribution is 2.32. The second kappa shape index (κ2) is 7.04. The molecule has 4 N–H and O–H groups in total. The Morgan fingerprint density at radius 2 is 1.68 bits per heavy atom. The number of rotatable bonds is 4. The Morgan fingerprint density at radius 3 is 2.24 bits per heavy atom. The average Bonchev–Trinajstić information content (AvgIpc) is 2.55. The number of hydrogen-bond donors (Lipinski definition) is 4. The first-order valence-electron chi connectivity index (χ1n) is 6.65. The Balaban J connectivity index is 2.25. The third kappa shape index (κ3) is 3.70. The topological polar surface area (TPSA) is 203 Å². The van der Waals surface area contributed by atoms with Gasteiger partial charge < -0.3 is 29.9 Å². The molecular weight excluding hydrogens is 348 g/mol. The molecule has 13 heteroatoms. The minimum atomic E-state index is -2.01. The number of aliphatic hydroxyl groups is 4. The number of benzene rings is 1. The van der Waals surface area contributed by atoms with Gasteiger partial charge in [0.15, 0.2) is 12.4 Å². The summed E-state index contributed by atoms with van der Waals surface area (Å²) in [6, 6.07) is 2.21. The number of ether oxygens (including phenoxy) is 2. The Morgan fingerprint density at radius 1 is 1.04 bits per heavy atom. The van der Waals surface area contributed by atoms with E-state index in [9.17, 15) is 45.4 Å². The highest BCUT2D eigenvalue weighted by molar-refractivity contribution is 5.79. The molecule has 0 aromatic heterocycles. The van der Waals surface area contributed by atoms with Crippen LogP contribution in [0.1, 0.15) is 0 Å². The molecule has 1 aromatic carbocycles. The smallest absolute Gasteiger partial charge is 0.343 e. The first-order chi connectivity index (χ1) is 11.6. The summed E-state index contributed by atoms with van der Waals surface area (Å²) in [6.07, 6.45) is -9.77. The molecule has 1 heterocycles. The van der Waals surface area contributed by atoms with E-state index in [0.29, 0.717) is 6.07 Å². The predicted molar refractivity (Wildman–Crippen MR) is 74.3 cm³/mol. The van der Waals surface area contributed by atoms with Gasteiger partial charge in [0.25, 0.3) is 5.69 Å². The van der Waals surface area contributed by atoms with Gasteiger partial charge in [-0.25, -0.2) is 4.79 Å². The maximum atomic E-state index is 12.0. The first-order valence-corrected chi connectivity index (χ1v) is 6.65. The van der Waals surface area contributed by atoms with Crippen LogP contribution in [0.2, 0.25) is 0 Å². The van der Waals surface area contributed by atoms with Gasteiger partial charge in [0.05, 0.1) is 15.9 Å². The lowest BCUT2D eigenvalue weighted by atomic mass is 9.99. The van der Waals surface area contributed by atoms with Crippen LogP contribution in [-0.4, -0.2) is 66.9 Å². The van der Waals surface area contributed by atoms with Gasteiger partial charge in [-0.05, 0) is 6.07 Å². The Labute approximate surface area is 137 Å². The van der Waals surface area contributed by atoms with Gasteiger partial charge in [-0.2, -0.15) is 0 Å². The molecule has 1 fully saturated rings. The minimum absolute atomic E-state index is 0.564. The van der Waals surface area contributed by atoms with Crippen molar-refractivity contribution < 1.29 is 44.5 Å². The maximum absolute atomic E-state index is 12.0. The molecule has 0 amide bonds. The molecule has 0 aliphatic carbocycles. The van der Waals surface area contributed by atoms with Crippen molar-refractivity contribution in [3.05, 3.63) is 38.4 Å². The number of esters is 1. The molecule has 0 spiro atoms. The van der Waals surface area contributed by atoms with Crippen molar-refractivity contribution in [3.63, 3.8) is 0 Å². The van der Waals surface area contributed by atoms with E-state index < -0.39 is 63.6 Å². The van der Waals surface area contributed by atoms with E-state index in [2.05, 4.69) is 4.74 Å². The molecule has 1 saturated heterocycles. The summed E-state index contributed by atoms with van der Waals surface area (Å²) in [7, 11) is 0. The molecule has 1 aliphatic rings. The van der Waals surface area contributed by atoms with E-state index in [1.54, 1.807) is 0 Å². The fourth-order valence-electron chi connectivity index (χ4n) is 2.07. The Kier molecular flexibility index (Phi) is 5.24. The summed E-state index contributed by atoms with van der Waals surface area (Å²) in [4.78, 5) is 31.7. The van der Waals surface area contributed by atoms with Crippen LogP contribution in [-0.2, 0) is 9.53 Å². The maximum Gasteiger partial charge on any atom is 0.343 e. The fourth-order valence-corrected chi connectivity index (χ4v) is 2.07. The van der Waals surface area contributed by atoms with Gasteiger partial charge in [-0.3, -0.25) is 20.2 Å². The zero-order valence-electron chi connectivity index (χ0n) is 12.2. The van der Waals surface area contributed by atoms with E-state index in [4.69, 9.17) is 4.74 Å². The van der Waals surface area contributed by atoms with E-state index >= 15 is 0 Å². The number of carbonyl (C=O) groups excluding carboxylic acids is 1. The van der Waals surface area contributed by atoms with Crippen LogP contribution in [0, 0.1) is 20.2 Å². The van der Waals surface area contributed by atoms with E-state index in [1.807, 2.05) is 0 Å². The SMILES string of the molecule is O=C(Oc1ccc([N+](=O)[O-])cc1[N+](=O)[O-])[C@H]1O[C@@H](O)[C@H](O)[C@@H](O)[C@@H]1O. The zero-order valence-corrected chi connectivity index (χ0v) is 12.2. The van der Waals surface area contributed by atoms with Gasteiger partial charge in [0.2, 0.25) is 5.75 Å². The van der Waals surface area contributed by atoms with Crippen LogP contribution in [0.4, 0.5) is 11.4 Å². The molecule has 0 unspecified atom stereocenters. The lowest BCUT2D eigenvalue weighted by Crippen LogP contribution is -2.60. The summed E-state index contributed by atoms with van der Waals surface area (Å²) in [5, 5.41) is 59.5. The number of aliphatic hydroxyl groups excluding tert-OH is 4. The standard InChI is InChI=1S/C12H12N2O11/c15-7-8(16)10(25-11(18)9(7)17)12(19)24-6-2-1-4(13(20)21)3-5(6)14(22)23/h1-3,7-11,15-18H/t7-,8-,9+,10-,11+/m0/s1. The zero-order chi connectivity index (χ0) is 18.9. The van der Waals surface area contributed by atoms with Crippen molar-refractivity contribution in [2.75, 3.05) is 0 Å². The molecule has 25 heavy (non-hydrogen) atoms. The average molecular weight is 360 g/mol. The van der Waals surface area contributed by atoms with Crippen molar-refractivity contribution in [1.82, 2.24) is 0 Å². The fraction of sp³-hybridized carbons (Fsp3) is 0.417.